The van der Waals surface area contributed by atoms with Crippen molar-refractivity contribution >= 4 is 10.2 Å². The molecule has 0 unspecified atom stereocenters. The van der Waals surface area contributed by atoms with Gasteiger partial charge in [-0.15, -0.1) is 3.89 Å². The van der Waals surface area contributed by atoms with Crippen LogP contribution in [0.4, 0.5) is 3.89 Å². The lowest BCUT2D eigenvalue weighted by atomic mass is 9.89. The Morgan fingerprint density at radius 2 is 1.21 bits per heavy atom. The first kappa shape index (κ1) is 16.2. The van der Waals surface area contributed by atoms with Crippen LogP contribution in [0.2, 0.25) is 0 Å². The monoisotopic (exact) mass is 285 g/mol. The lowest BCUT2D eigenvalue weighted by Gasteiger charge is -2.20. The second-order valence-electron chi connectivity index (χ2n) is 5.93. The van der Waals surface area contributed by atoms with Gasteiger partial charge in [0.1, 0.15) is 4.90 Å². The molecular formula is C15H23FO2S. The summed E-state index contributed by atoms with van der Waals surface area (Å²) in [6, 6.07) is 3.65. The number of rotatable bonds is 4. The zero-order valence-electron chi connectivity index (χ0n) is 12.5. The lowest BCUT2D eigenvalue weighted by molar-refractivity contribution is 0.546. The largest absolute Gasteiger partial charge is 0.332 e. The predicted octanol–water partition coefficient (Wildman–Crippen LogP) is 4.72. The number of benzene rings is 1. The van der Waals surface area contributed by atoms with Crippen molar-refractivity contribution in [2.45, 2.75) is 64.2 Å². The van der Waals surface area contributed by atoms with E-state index in [1.807, 2.05) is 53.7 Å². The minimum Gasteiger partial charge on any atom is -0.189 e. The third-order valence-corrected chi connectivity index (χ3v) is 4.28. The van der Waals surface area contributed by atoms with Crippen LogP contribution in [0, 0.1) is 0 Å². The van der Waals surface area contributed by atoms with E-state index in [-0.39, 0.29) is 22.6 Å². The number of hydrogen-bond donors (Lipinski definition) is 0. The highest BCUT2D eigenvalue weighted by Crippen LogP contribution is 2.35. The minimum absolute atomic E-state index is 0.0308. The normalized spacial score (nSPS) is 12.7. The standard InChI is InChI=1S/C15H23FO2S/c1-9(2)12-7-13(10(3)4)15(19(16,17)18)14(8-12)11(5)6/h7-11H,1-6H3/i16-1. The first-order valence-corrected chi connectivity index (χ1v) is 8.06. The molecule has 0 saturated carbocycles. The van der Waals surface area contributed by atoms with Gasteiger partial charge in [0.15, 0.2) is 0 Å². The summed E-state index contributed by atoms with van der Waals surface area (Å²) >= 11 is 0. The van der Waals surface area contributed by atoms with Gasteiger partial charge in [-0.1, -0.05) is 53.7 Å². The average molecular weight is 285 g/mol. The van der Waals surface area contributed by atoms with E-state index in [0.717, 1.165) is 5.56 Å². The Bertz CT molecular complexity index is 529. The molecule has 1 rings (SSSR count). The predicted molar refractivity (Wildman–Crippen MR) is 77.0 cm³/mol. The summed E-state index contributed by atoms with van der Waals surface area (Å²) in [7, 11) is -4.70. The Kier molecular flexibility index (Phi) is 4.77. The maximum Gasteiger partial charge on any atom is 0.332 e. The van der Waals surface area contributed by atoms with Crippen LogP contribution < -0.4 is 0 Å². The molecule has 0 spiro atoms. The smallest absolute Gasteiger partial charge is 0.189 e. The Labute approximate surface area is 116 Å². The van der Waals surface area contributed by atoms with Gasteiger partial charge < -0.3 is 0 Å². The Balaban J connectivity index is 3.77. The van der Waals surface area contributed by atoms with Crippen LogP contribution in [0.1, 0.15) is 76.0 Å². The maximum atomic E-state index is 13.7. The van der Waals surface area contributed by atoms with Crippen LogP contribution >= 0.6 is 0 Å². The van der Waals surface area contributed by atoms with Gasteiger partial charge in [0, 0.05) is 0 Å². The van der Waals surface area contributed by atoms with E-state index in [4.69, 9.17) is 0 Å². The van der Waals surface area contributed by atoms with E-state index in [1.54, 1.807) is 0 Å². The molecule has 0 aliphatic rings. The lowest BCUT2D eigenvalue weighted by Crippen LogP contribution is -2.09. The summed E-state index contributed by atoms with van der Waals surface area (Å²) < 4.78 is 36.7. The van der Waals surface area contributed by atoms with Gasteiger partial charge in [0.2, 0.25) is 0 Å². The molecule has 0 radical (unpaired) electrons. The van der Waals surface area contributed by atoms with Crippen molar-refractivity contribution < 1.29 is 12.3 Å². The summed E-state index contributed by atoms with van der Waals surface area (Å²) in [6.07, 6.45) is 0. The van der Waals surface area contributed by atoms with Crippen molar-refractivity contribution in [1.29, 1.82) is 0 Å². The molecule has 0 aliphatic heterocycles. The molecule has 108 valence electrons. The number of halogens is 1. The zero-order valence-corrected chi connectivity index (χ0v) is 13.3. The van der Waals surface area contributed by atoms with Crippen molar-refractivity contribution in [2.75, 3.05) is 0 Å². The van der Waals surface area contributed by atoms with Crippen molar-refractivity contribution in [3.63, 3.8) is 0 Å². The van der Waals surface area contributed by atoms with E-state index in [0.29, 0.717) is 11.1 Å². The fraction of sp³-hybridized carbons (Fsp3) is 0.600. The summed E-state index contributed by atoms with van der Waals surface area (Å²) in [5.41, 5.74) is 2.22. The maximum absolute atomic E-state index is 13.7. The second-order valence-corrected chi connectivity index (χ2v) is 7.21. The van der Waals surface area contributed by atoms with Crippen LogP contribution in [-0.2, 0) is 10.2 Å². The highest BCUT2D eigenvalue weighted by Gasteiger charge is 2.26. The molecule has 0 amide bonds. The van der Waals surface area contributed by atoms with Crippen molar-refractivity contribution in [2.24, 2.45) is 0 Å². The molecule has 2 nitrogen and oxygen atoms in total. The number of hydrogen-bond acceptors (Lipinski definition) is 2. The molecule has 0 N–H and O–H groups in total. The van der Waals surface area contributed by atoms with Crippen LogP contribution in [0.5, 0.6) is 0 Å². The molecule has 0 aliphatic carbocycles. The van der Waals surface area contributed by atoms with Gasteiger partial charge in [0.05, 0.1) is 0 Å². The van der Waals surface area contributed by atoms with Crippen LogP contribution in [0.3, 0.4) is 0 Å². The van der Waals surface area contributed by atoms with E-state index in [9.17, 15) is 12.3 Å². The quantitative estimate of drug-likeness (QED) is 0.750. The van der Waals surface area contributed by atoms with E-state index in [2.05, 4.69) is 0 Å². The minimum atomic E-state index is -4.70. The summed E-state index contributed by atoms with van der Waals surface area (Å²) in [4.78, 5) is -0.123. The van der Waals surface area contributed by atoms with Crippen molar-refractivity contribution in [3.8, 4) is 0 Å². The molecule has 0 fully saturated rings. The van der Waals surface area contributed by atoms with Crippen molar-refractivity contribution in [3.05, 3.63) is 28.8 Å². The highest BCUT2D eigenvalue weighted by atomic mass is 32.2. The van der Waals surface area contributed by atoms with Crippen LogP contribution in [0.15, 0.2) is 17.0 Å². The molecular weight excluding hydrogens is 262 g/mol. The molecule has 0 atom stereocenters. The van der Waals surface area contributed by atoms with Gasteiger partial charge in [-0.2, -0.15) is 8.42 Å². The van der Waals surface area contributed by atoms with Crippen LogP contribution in [-0.4, -0.2) is 8.42 Å². The third kappa shape index (κ3) is 3.56. The van der Waals surface area contributed by atoms with Gasteiger partial charge in [-0.3, -0.25) is 0 Å². The summed E-state index contributed by atoms with van der Waals surface area (Å²) in [5, 5.41) is 0. The van der Waals surface area contributed by atoms with E-state index in [1.165, 1.54) is 0 Å². The summed E-state index contributed by atoms with van der Waals surface area (Å²) in [6.45, 7) is 11.6. The fourth-order valence-electron chi connectivity index (χ4n) is 2.17. The molecule has 0 heterocycles. The Hall–Kier alpha value is -0.900. The van der Waals surface area contributed by atoms with Crippen molar-refractivity contribution in [1.82, 2.24) is 0 Å². The van der Waals surface area contributed by atoms with Gasteiger partial charge in [-0.05, 0) is 34.4 Å². The van der Waals surface area contributed by atoms with Crippen LogP contribution in [0.25, 0.3) is 0 Å². The highest BCUT2D eigenvalue weighted by molar-refractivity contribution is 7.86. The molecule has 1 aromatic rings. The summed E-state index contributed by atoms with van der Waals surface area (Å²) in [5.74, 6) is 0.222. The molecule has 0 aromatic heterocycles. The third-order valence-electron chi connectivity index (χ3n) is 3.32. The zero-order chi connectivity index (χ0) is 15.0. The molecule has 19 heavy (non-hydrogen) atoms. The SMILES string of the molecule is CC(C)c1cc(C(C)C)c(S(=O)(=O)[18F])c(C(C)C)c1. The van der Waals surface area contributed by atoms with Gasteiger partial charge in [0.25, 0.3) is 0 Å². The van der Waals surface area contributed by atoms with Gasteiger partial charge >= 0.3 is 10.2 Å². The first-order valence-electron chi connectivity index (χ1n) is 6.68. The molecule has 0 saturated heterocycles. The first-order chi connectivity index (χ1) is 8.55. The van der Waals surface area contributed by atoms with E-state index >= 15 is 0 Å². The molecule has 1 aromatic carbocycles. The second kappa shape index (κ2) is 5.61. The fourth-order valence-corrected chi connectivity index (χ4v) is 3.32. The Morgan fingerprint density at radius 3 is 1.42 bits per heavy atom. The average Bonchev–Trinajstić information content (AvgIpc) is 2.25. The molecule has 0 bridgehead atoms. The van der Waals surface area contributed by atoms with Gasteiger partial charge in [-0.25, -0.2) is 0 Å². The van der Waals surface area contributed by atoms with E-state index < -0.39 is 10.2 Å². The topological polar surface area (TPSA) is 34.1 Å². The molecule has 4 heteroatoms. The Morgan fingerprint density at radius 1 is 0.842 bits per heavy atom.